The van der Waals surface area contributed by atoms with Gasteiger partial charge in [-0.15, -0.1) is 0 Å². The molecule has 1 heterocycles. The molecule has 0 aromatic heterocycles. The molecule has 2 rings (SSSR count). The molecule has 14 heteroatoms. The lowest BCUT2D eigenvalue weighted by Crippen LogP contribution is -2.37. The second-order valence-corrected chi connectivity index (χ2v) is 9.26. The van der Waals surface area contributed by atoms with Crippen molar-refractivity contribution in [3.63, 3.8) is 0 Å². The molecular weight excluding hydrogens is 537 g/mol. The number of ether oxygens (including phenoxy) is 3. The Labute approximate surface area is 230 Å². The van der Waals surface area contributed by atoms with E-state index in [1.165, 1.54) is 30.0 Å². The van der Waals surface area contributed by atoms with Crippen LogP contribution in [0.1, 0.15) is 43.0 Å². The van der Waals surface area contributed by atoms with E-state index >= 15 is 0 Å². The highest BCUT2D eigenvalue weighted by Crippen LogP contribution is 2.23. The van der Waals surface area contributed by atoms with Crippen molar-refractivity contribution in [1.82, 2.24) is 15.1 Å². The molecule has 3 unspecified atom stereocenters. The summed E-state index contributed by atoms with van der Waals surface area (Å²) in [6.07, 6.45) is -2.90. The first-order valence-electron chi connectivity index (χ1n) is 12.6. The Morgan fingerprint density at radius 3 is 2.45 bits per heavy atom. The van der Waals surface area contributed by atoms with Crippen molar-refractivity contribution in [1.29, 1.82) is 0 Å². The van der Waals surface area contributed by atoms with Crippen LogP contribution in [0.25, 0.3) is 0 Å². The molecule has 0 saturated carbocycles. The van der Waals surface area contributed by atoms with E-state index in [1.54, 1.807) is 36.6 Å². The molecule has 0 radical (unpaired) electrons. The maximum Gasteiger partial charge on any atom is 0.471 e. The highest BCUT2D eigenvalue weighted by molar-refractivity contribution is 5.92. The number of nitrogens with two attached hydrogens (primary N) is 1. The molecule has 40 heavy (non-hydrogen) atoms. The number of halogens is 3. The maximum atomic E-state index is 12.7. The molecule has 1 saturated heterocycles. The lowest BCUT2D eigenvalue weighted by atomic mass is 10.1. The van der Waals surface area contributed by atoms with Gasteiger partial charge >= 0.3 is 18.1 Å². The van der Waals surface area contributed by atoms with Gasteiger partial charge in [-0.3, -0.25) is 19.3 Å². The Hall–Kier alpha value is -3.65. The second kappa shape index (κ2) is 15.2. The fourth-order valence-corrected chi connectivity index (χ4v) is 3.88. The van der Waals surface area contributed by atoms with Crippen LogP contribution in [0.3, 0.4) is 0 Å². The van der Waals surface area contributed by atoms with Crippen molar-refractivity contribution in [2.75, 3.05) is 33.9 Å². The van der Waals surface area contributed by atoms with Crippen LogP contribution in [0, 0.1) is 0 Å². The highest BCUT2D eigenvalue weighted by Gasteiger charge is 2.38. The zero-order chi connectivity index (χ0) is 29.9. The van der Waals surface area contributed by atoms with Crippen LogP contribution >= 0.6 is 0 Å². The van der Waals surface area contributed by atoms with Gasteiger partial charge < -0.3 is 30.2 Å². The molecule has 1 fully saturated rings. The van der Waals surface area contributed by atoms with Gasteiger partial charge in [-0.05, 0) is 50.5 Å². The SMILES string of the molecule is COc1ccc(C(=O)OCC2OC(N(C=O)/C=C(/C)C(=O)N(C)CCCCCNC(=O)C(F)(F)F)CC2N)cc1. The van der Waals surface area contributed by atoms with Crippen molar-refractivity contribution in [2.45, 2.75) is 57.2 Å². The molecule has 0 bridgehead atoms. The summed E-state index contributed by atoms with van der Waals surface area (Å²) in [5.74, 6) is -2.31. The Balaban J connectivity index is 1.80. The lowest BCUT2D eigenvalue weighted by molar-refractivity contribution is -0.173. The predicted molar refractivity (Wildman–Crippen MR) is 137 cm³/mol. The lowest BCUT2D eigenvalue weighted by Gasteiger charge is -2.23. The van der Waals surface area contributed by atoms with Gasteiger partial charge in [0.05, 0.1) is 12.7 Å². The second-order valence-electron chi connectivity index (χ2n) is 9.26. The molecule has 1 aliphatic heterocycles. The number of unbranched alkanes of at least 4 members (excludes halogenated alkanes) is 2. The molecule has 1 aliphatic rings. The number of nitrogens with zero attached hydrogens (tertiary/aromatic N) is 2. The van der Waals surface area contributed by atoms with Crippen molar-refractivity contribution in [3.05, 3.63) is 41.6 Å². The smallest absolute Gasteiger partial charge is 0.471 e. The zero-order valence-corrected chi connectivity index (χ0v) is 22.6. The third kappa shape index (κ3) is 9.83. The predicted octanol–water partition coefficient (Wildman–Crippen LogP) is 1.96. The number of esters is 1. The van der Waals surface area contributed by atoms with Crippen molar-refractivity contribution >= 4 is 24.2 Å². The molecule has 0 spiro atoms. The minimum absolute atomic E-state index is 0.117. The third-order valence-electron chi connectivity index (χ3n) is 6.18. The van der Waals surface area contributed by atoms with Gasteiger partial charge in [-0.2, -0.15) is 13.2 Å². The van der Waals surface area contributed by atoms with E-state index in [1.807, 2.05) is 0 Å². The van der Waals surface area contributed by atoms with E-state index in [2.05, 4.69) is 0 Å². The van der Waals surface area contributed by atoms with Crippen LogP contribution in [0.15, 0.2) is 36.0 Å². The van der Waals surface area contributed by atoms with Gasteiger partial charge in [0.1, 0.15) is 24.7 Å². The summed E-state index contributed by atoms with van der Waals surface area (Å²) in [5.41, 5.74) is 6.72. The van der Waals surface area contributed by atoms with Crippen LogP contribution in [0.2, 0.25) is 0 Å². The average Bonchev–Trinajstić information content (AvgIpc) is 3.30. The van der Waals surface area contributed by atoms with Gasteiger partial charge in [-0.25, -0.2) is 4.79 Å². The van der Waals surface area contributed by atoms with Crippen LogP contribution in [-0.2, 0) is 23.9 Å². The first-order chi connectivity index (χ1) is 18.9. The number of hydrogen-bond donors (Lipinski definition) is 2. The minimum atomic E-state index is -4.91. The van der Waals surface area contributed by atoms with Crippen molar-refractivity contribution in [2.24, 2.45) is 5.73 Å². The van der Waals surface area contributed by atoms with Gasteiger partial charge in [0.15, 0.2) is 0 Å². The monoisotopic (exact) mass is 572 g/mol. The number of carbonyl (C=O) groups is 4. The van der Waals surface area contributed by atoms with E-state index in [-0.39, 0.29) is 31.1 Å². The average molecular weight is 573 g/mol. The van der Waals surface area contributed by atoms with E-state index < -0.39 is 36.4 Å². The number of rotatable bonds is 14. The summed E-state index contributed by atoms with van der Waals surface area (Å²) in [5, 5.41) is 1.80. The number of likely N-dealkylation sites (N-methyl/N-ethyl adjacent to an activating group) is 1. The first-order valence-corrected chi connectivity index (χ1v) is 12.6. The standard InChI is InChI=1S/C26H35F3N4O7/c1-17(23(35)32(2)12-6-4-5-11-31-25(37)26(27,28)29)14-33(16-34)22-13-20(30)21(40-22)15-39-24(36)18-7-9-19(38-3)10-8-18/h7-10,14,16,20-22H,4-6,11-13,15,30H2,1-3H3,(H,31,37)/b17-14-. The summed E-state index contributed by atoms with van der Waals surface area (Å²) < 4.78 is 52.7. The number of alkyl halides is 3. The molecule has 3 atom stereocenters. The number of nitrogens with one attached hydrogen (secondary N) is 1. The Kier molecular flexibility index (Phi) is 12.4. The summed E-state index contributed by atoms with van der Waals surface area (Å²) in [6.45, 7) is 1.61. The number of methoxy groups -OCH3 is 1. The summed E-state index contributed by atoms with van der Waals surface area (Å²) >= 11 is 0. The molecule has 0 aliphatic carbocycles. The topological polar surface area (TPSA) is 141 Å². The van der Waals surface area contributed by atoms with Gasteiger partial charge in [0.25, 0.3) is 5.91 Å². The third-order valence-corrected chi connectivity index (χ3v) is 6.18. The molecule has 1 aromatic rings. The van der Waals surface area contributed by atoms with Crippen LogP contribution in [0.4, 0.5) is 13.2 Å². The largest absolute Gasteiger partial charge is 0.497 e. The molecule has 222 valence electrons. The Morgan fingerprint density at radius 1 is 1.18 bits per heavy atom. The Bertz CT molecular complexity index is 1050. The number of benzene rings is 1. The van der Waals surface area contributed by atoms with E-state index in [4.69, 9.17) is 19.9 Å². The van der Waals surface area contributed by atoms with Crippen LogP contribution in [0.5, 0.6) is 5.75 Å². The fraction of sp³-hybridized carbons (Fsp3) is 0.538. The number of amides is 3. The molecule has 3 N–H and O–H groups in total. The van der Waals surface area contributed by atoms with E-state index in [9.17, 15) is 32.3 Å². The molecule has 11 nitrogen and oxygen atoms in total. The van der Waals surface area contributed by atoms with Crippen LogP contribution < -0.4 is 15.8 Å². The molecular formula is C26H35F3N4O7. The van der Waals surface area contributed by atoms with Gasteiger partial charge in [0, 0.05) is 44.4 Å². The highest BCUT2D eigenvalue weighted by atomic mass is 19.4. The van der Waals surface area contributed by atoms with Crippen LogP contribution in [-0.4, -0.2) is 92.4 Å². The van der Waals surface area contributed by atoms with Gasteiger partial charge in [-0.1, -0.05) is 0 Å². The van der Waals surface area contributed by atoms with Gasteiger partial charge in [0.2, 0.25) is 6.41 Å². The fourth-order valence-electron chi connectivity index (χ4n) is 3.88. The summed E-state index contributed by atoms with van der Waals surface area (Å²) in [4.78, 5) is 50.2. The maximum absolute atomic E-state index is 12.7. The van der Waals surface area contributed by atoms with Crippen molar-refractivity contribution < 1.29 is 46.6 Å². The quantitative estimate of drug-likeness (QED) is 0.149. The summed E-state index contributed by atoms with van der Waals surface area (Å²) in [6, 6.07) is 5.86. The number of hydrogen-bond acceptors (Lipinski definition) is 8. The summed E-state index contributed by atoms with van der Waals surface area (Å²) in [7, 11) is 3.07. The van der Waals surface area contributed by atoms with E-state index in [0.29, 0.717) is 43.5 Å². The molecule has 1 aromatic carbocycles. The normalized spacial score (nSPS) is 19.1. The minimum Gasteiger partial charge on any atom is -0.497 e. The van der Waals surface area contributed by atoms with Crippen molar-refractivity contribution in [3.8, 4) is 5.75 Å². The van der Waals surface area contributed by atoms with E-state index in [0.717, 1.165) is 0 Å². The Morgan fingerprint density at radius 2 is 1.85 bits per heavy atom. The first kappa shape index (κ1) is 32.6. The molecule has 3 amide bonds. The number of carbonyl (C=O) groups excluding carboxylic acids is 4. The zero-order valence-electron chi connectivity index (χ0n) is 22.6.